The zero-order valence-corrected chi connectivity index (χ0v) is 14.4. The second-order valence-corrected chi connectivity index (χ2v) is 5.69. The van der Waals surface area contributed by atoms with Gasteiger partial charge < -0.3 is 9.73 Å². The molecule has 0 spiro atoms. The highest BCUT2D eigenvalue weighted by Gasteiger charge is 2.09. The average Bonchev–Trinajstić information content (AvgIpc) is 3.07. The Bertz CT molecular complexity index is 994. The van der Waals surface area contributed by atoms with E-state index >= 15 is 0 Å². The SMILES string of the molecule is Cc1ccc(/C=N\NC(=O)c2cccc(NC(=O)c3ccc(F)cc3)c2)o1. The molecular formula is C20H16FN3O3. The third-order valence-electron chi connectivity index (χ3n) is 3.61. The quantitative estimate of drug-likeness (QED) is 0.534. The van der Waals surface area contributed by atoms with Crippen LogP contribution in [0.2, 0.25) is 0 Å². The van der Waals surface area contributed by atoms with E-state index in [0.29, 0.717) is 22.6 Å². The first-order valence-electron chi connectivity index (χ1n) is 8.08. The number of hydrogen-bond acceptors (Lipinski definition) is 4. The van der Waals surface area contributed by atoms with Crippen LogP contribution in [-0.4, -0.2) is 18.0 Å². The van der Waals surface area contributed by atoms with Crippen molar-refractivity contribution in [3.63, 3.8) is 0 Å². The second-order valence-electron chi connectivity index (χ2n) is 5.69. The largest absolute Gasteiger partial charge is 0.460 e. The zero-order valence-electron chi connectivity index (χ0n) is 14.4. The van der Waals surface area contributed by atoms with Crippen LogP contribution < -0.4 is 10.7 Å². The van der Waals surface area contributed by atoms with Gasteiger partial charge in [-0.3, -0.25) is 9.59 Å². The van der Waals surface area contributed by atoms with Crippen molar-refractivity contribution in [3.05, 3.63) is 89.1 Å². The summed E-state index contributed by atoms with van der Waals surface area (Å²) in [5.74, 6) is 0.00199. The van der Waals surface area contributed by atoms with E-state index in [4.69, 9.17) is 4.42 Å². The number of rotatable bonds is 5. The Labute approximate surface area is 154 Å². The van der Waals surface area contributed by atoms with Gasteiger partial charge in [0.05, 0.1) is 6.21 Å². The van der Waals surface area contributed by atoms with E-state index in [2.05, 4.69) is 15.8 Å². The molecule has 1 aromatic heterocycles. The average molecular weight is 365 g/mol. The standard InChI is InChI=1S/C20H16FN3O3/c1-13-5-10-18(27-13)12-22-24-20(26)15-3-2-4-17(11-15)23-19(25)14-6-8-16(21)9-7-14/h2-12H,1H3,(H,23,25)(H,24,26)/b22-12-. The summed E-state index contributed by atoms with van der Waals surface area (Å²) in [6.45, 7) is 1.81. The van der Waals surface area contributed by atoms with Gasteiger partial charge in [-0.15, -0.1) is 0 Å². The van der Waals surface area contributed by atoms with Gasteiger partial charge in [0.25, 0.3) is 11.8 Å². The van der Waals surface area contributed by atoms with Gasteiger partial charge in [-0.05, 0) is 61.5 Å². The summed E-state index contributed by atoms with van der Waals surface area (Å²) < 4.78 is 18.2. The third-order valence-corrected chi connectivity index (χ3v) is 3.61. The van der Waals surface area contributed by atoms with Crippen molar-refractivity contribution in [2.75, 3.05) is 5.32 Å². The van der Waals surface area contributed by atoms with E-state index in [0.717, 1.165) is 5.76 Å². The molecule has 0 unspecified atom stereocenters. The van der Waals surface area contributed by atoms with E-state index in [1.165, 1.54) is 36.5 Å². The van der Waals surface area contributed by atoms with Crippen LogP contribution in [0.15, 0.2) is 70.2 Å². The van der Waals surface area contributed by atoms with E-state index in [-0.39, 0.29) is 0 Å². The van der Waals surface area contributed by atoms with Crippen molar-refractivity contribution in [3.8, 4) is 0 Å². The van der Waals surface area contributed by atoms with E-state index in [1.54, 1.807) is 30.3 Å². The van der Waals surface area contributed by atoms with Gasteiger partial charge in [-0.25, -0.2) is 9.82 Å². The smallest absolute Gasteiger partial charge is 0.271 e. The van der Waals surface area contributed by atoms with Crippen LogP contribution in [-0.2, 0) is 0 Å². The summed E-state index contributed by atoms with van der Waals surface area (Å²) in [5, 5.41) is 6.50. The normalized spacial score (nSPS) is 10.7. The van der Waals surface area contributed by atoms with Crippen molar-refractivity contribution in [1.29, 1.82) is 0 Å². The number of anilines is 1. The molecule has 2 aromatic carbocycles. The molecule has 0 aliphatic rings. The number of amides is 2. The van der Waals surface area contributed by atoms with Crippen molar-refractivity contribution in [2.45, 2.75) is 6.92 Å². The molecule has 2 N–H and O–H groups in total. The first-order valence-corrected chi connectivity index (χ1v) is 8.08. The lowest BCUT2D eigenvalue weighted by Crippen LogP contribution is -2.18. The maximum absolute atomic E-state index is 12.9. The molecule has 0 fully saturated rings. The summed E-state index contributed by atoms with van der Waals surface area (Å²) in [6, 6.07) is 15.1. The Hall–Kier alpha value is -3.74. The minimum atomic E-state index is -0.438. The lowest BCUT2D eigenvalue weighted by atomic mass is 10.1. The molecule has 0 bridgehead atoms. The number of hydrazone groups is 1. The van der Waals surface area contributed by atoms with Gasteiger partial charge in [-0.2, -0.15) is 5.10 Å². The summed E-state index contributed by atoms with van der Waals surface area (Å²) in [5.41, 5.74) is 3.45. The fourth-order valence-electron chi connectivity index (χ4n) is 2.28. The third kappa shape index (κ3) is 4.88. The van der Waals surface area contributed by atoms with Gasteiger partial charge in [0.15, 0.2) is 0 Å². The molecule has 2 amide bonds. The van der Waals surface area contributed by atoms with Crippen LogP contribution in [0.5, 0.6) is 0 Å². The predicted octanol–water partition coefficient (Wildman–Crippen LogP) is 3.74. The fourth-order valence-corrected chi connectivity index (χ4v) is 2.28. The van der Waals surface area contributed by atoms with Gasteiger partial charge in [0.1, 0.15) is 17.3 Å². The molecule has 1 heterocycles. The van der Waals surface area contributed by atoms with Crippen LogP contribution in [0.4, 0.5) is 10.1 Å². The highest BCUT2D eigenvalue weighted by Crippen LogP contribution is 2.13. The number of nitrogens with zero attached hydrogens (tertiary/aromatic N) is 1. The molecule has 136 valence electrons. The van der Waals surface area contributed by atoms with Crippen LogP contribution in [0.25, 0.3) is 0 Å². The zero-order chi connectivity index (χ0) is 19.2. The molecular weight excluding hydrogens is 349 g/mol. The number of aryl methyl sites for hydroxylation is 1. The fraction of sp³-hybridized carbons (Fsp3) is 0.0500. The van der Waals surface area contributed by atoms with Gasteiger partial charge >= 0.3 is 0 Å². The number of hydrogen-bond donors (Lipinski definition) is 2. The molecule has 0 aliphatic heterocycles. The second kappa shape index (κ2) is 8.09. The number of nitrogens with one attached hydrogen (secondary N) is 2. The molecule has 0 saturated carbocycles. The number of carbonyl (C=O) groups excluding carboxylic acids is 2. The lowest BCUT2D eigenvalue weighted by Gasteiger charge is -2.07. The minimum absolute atomic E-state index is 0.310. The van der Waals surface area contributed by atoms with Crippen LogP contribution in [0.1, 0.15) is 32.2 Å². The molecule has 0 atom stereocenters. The molecule has 0 saturated heterocycles. The first-order chi connectivity index (χ1) is 13.0. The van der Waals surface area contributed by atoms with Crippen molar-refractivity contribution >= 4 is 23.7 Å². The van der Waals surface area contributed by atoms with Crippen molar-refractivity contribution in [1.82, 2.24) is 5.43 Å². The van der Waals surface area contributed by atoms with E-state index < -0.39 is 17.6 Å². The predicted molar refractivity (Wildman–Crippen MR) is 99.3 cm³/mol. The highest BCUT2D eigenvalue weighted by atomic mass is 19.1. The molecule has 6 nitrogen and oxygen atoms in total. The summed E-state index contributed by atoms with van der Waals surface area (Å²) >= 11 is 0. The van der Waals surface area contributed by atoms with Crippen LogP contribution in [0.3, 0.4) is 0 Å². The van der Waals surface area contributed by atoms with Gasteiger partial charge in [0.2, 0.25) is 0 Å². The van der Waals surface area contributed by atoms with E-state index in [9.17, 15) is 14.0 Å². The molecule has 3 aromatic rings. The molecule has 3 rings (SSSR count). The minimum Gasteiger partial charge on any atom is -0.460 e. The maximum atomic E-state index is 12.9. The number of benzene rings is 2. The van der Waals surface area contributed by atoms with Crippen LogP contribution >= 0.6 is 0 Å². The molecule has 0 radical (unpaired) electrons. The van der Waals surface area contributed by atoms with Crippen LogP contribution in [0, 0.1) is 12.7 Å². The topological polar surface area (TPSA) is 83.7 Å². The number of furan rings is 1. The van der Waals surface area contributed by atoms with Gasteiger partial charge in [-0.1, -0.05) is 6.07 Å². The summed E-state index contributed by atoms with van der Waals surface area (Å²) in [7, 11) is 0. The Morgan fingerprint density at radius 3 is 2.48 bits per heavy atom. The first kappa shape index (κ1) is 18.1. The van der Waals surface area contributed by atoms with Crippen molar-refractivity contribution < 1.29 is 18.4 Å². The van der Waals surface area contributed by atoms with Gasteiger partial charge in [0, 0.05) is 16.8 Å². The Morgan fingerprint density at radius 1 is 1.00 bits per heavy atom. The molecule has 7 heteroatoms. The Balaban J connectivity index is 1.63. The Kier molecular flexibility index (Phi) is 5.41. The maximum Gasteiger partial charge on any atom is 0.271 e. The Morgan fingerprint density at radius 2 is 1.78 bits per heavy atom. The molecule has 0 aliphatic carbocycles. The van der Waals surface area contributed by atoms with E-state index in [1.807, 2.05) is 6.92 Å². The highest BCUT2D eigenvalue weighted by molar-refractivity contribution is 6.05. The number of halogens is 1. The lowest BCUT2D eigenvalue weighted by molar-refractivity contribution is 0.0953. The van der Waals surface area contributed by atoms with Crippen molar-refractivity contribution in [2.24, 2.45) is 5.10 Å². The summed E-state index contributed by atoms with van der Waals surface area (Å²) in [6.07, 6.45) is 1.39. The number of carbonyl (C=O) groups is 2. The monoisotopic (exact) mass is 365 g/mol. The molecule has 27 heavy (non-hydrogen) atoms. The summed E-state index contributed by atoms with van der Waals surface area (Å²) in [4.78, 5) is 24.3.